The molecule has 1 aromatic heterocycles. The normalized spacial score (nSPS) is 14.6. The molecule has 1 amide bonds. The third-order valence-corrected chi connectivity index (χ3v) is 4.80. The standard InChI is InChI=1S/C22H32N6O2.HI/c1-5-23-21(27-14-20-25-13-18(30-20)22(2,3)4)26-12-16-6-8-17(9-7-16)28-11-10-24-19(29)15-28;/h6-9,13H,5,10-12,14-15H2,1-4H3,(H,24,29)(H2,23,26,27);1H. The zero-order chi connectivity index (χ0) is 21.6. The topological polar surface area (TPSA) is 94.8 Å². The number of benzene rings is 1. The van der Waals surface area contributed by atoms with E-state index in [9.17, 15) is 4.79 Å². The number of carbonyl (C=O) groups is 1. The van der Waals surface area contributed by atoms with Crippen molar-refractivity contribution in [2.45, 2.75) is 46.2 Å². The first-order chi connectivity index (χ1) is 14.3. The van der Waals surface area contributed by atoms with Crippen molar-refractivity contribution in [3.8, 4) is 0 Å². The summed E-state index contributed by atoms with van der Waals surface area (Å²) in [6.45, 7) is 12.0. The first-order valence-electron chi connectivity index (χ1n) is 10.4. The van der Waals surface area contributed by atoms with E-state index in [0.29, 0.717) is 38.0 Å². The van der Waals surface area contributed by atoms with Gasteiger partial charge in [-0.2, -0.15) is 0 Å². The highest BCUT2D eigenvalue weighted by molar-refractivity contribution is 14.0. The molecule has 170 valence electrons. The van der Waals surface area contributed by atoms with Crippen LogP contribution in [-0.2, 0) is 23.3 Å². The molecule has 1 fully saturated rings. The summed E-state index contributed by atoms with van der Waals surface area (Å²) in [5, 5.41) is 9.36. The number of guanidine groups is 1. The van der Waals surface area contributed by atoms with Gasteiger partial charge < -0.3 is 25.3 Å². The van der Waals surface area contributed by atoms with E-state index in [1.54, 1.807) is 6.20 Å². The zero-order valence-electron chi connectivity index (χ0n) is 18.7. The van der Waals surface area contributed by atoms with Gasteiger partial charge in [0.05, 0.1) is 25.8 Å². The largest absolute Gasteiger partial charge is 0.443 e. The number of halogens is 1. The molecule has 3 rings (SSSR count). The quantitative estimate of drug-likeness (QED) is 0.297. The minimum Gasteiger partial charge on any atom is -0.443 e. The lowest BCUT2D eigenvalue weighted by Gasteiger charge is -2.28. The average Bonchev–Trinajstić information content (AvgIpc) is 3.20. The summed E-state index contributed by atoms with van der Waals surface area (Å²) >= 11 is 0. The fourth-order valence-electron chi connectivity index (χ4n) is 3.08. The van der Waals surface area contributed by atoms with Crippen LogP contribution in [0.25, 0.3) is 0 Å². The maximum atomic E-state index is 11.6. The van der Waals surface area contributed by atoms with Crippen molar-refractivity contribution in [1.82, 2.24) is 20.9 Å². The van der Waals surface area contributed by atoms with Gasteiger partial charge in [0.1, 0.15) is 5.76 Å². The van der Waals surface area contributed by atoms with E-state index >= 15 is 0 Å². The summed E-state index contributed by atoms with van der Waals surface area (Å²) in [5.41, 5.74) is 2.10. The van der Waals surface area contributed by atoms with Crippen molar-refractivity contribution in [3.05, 3.63) is 47.7 Å². The summed E-state index contributed by atoms with van der Waals surface area (Å²) in [6.07, 6.45) is 1.79. The Morgan fingerprint density at radius 2 is 2.00 bits per heavy atom. The van der Waals surface area contributed by atoms with Crippen LogP contribution in [0.4, 0.5) is 5.69 Å². The number of hydrogen-bond acceptors (Lipinski definition) is 5. The summed E-state index contributed by atoms with van der Waals surface area (Å²) in [6, 6.07) is 8.20. The van der Waals surface area contributed by atoms with Crippen molar-refractivity contribution in [2.24, 2.45) is 4.99 Å². The van der Waals surface area contributed by atoms with Crippen LogP contribution in [0, 0.1) is 0 Å². The number of oxazole rings is 1. The number of piperazine rings is 1. The van der Waals surface area contributed by atoms with Crippen molar-refractivity contribution in [2.75, 3.05) is 31.1 Å². The van der Waals surface area contributed by atoms with Crippen LogP contribution in [0.2, 0.25) is 0 Å². The van der Waals surface area contributed by atoms with Gasteiger partial charge in [0.2, 0.25) is 11.8 Å². The molecule has 3 N–H and O–H groups in total. The number of aliphatic imine (C=N–C) groups is 1. The zero-order valence-corrected chi connectivity index (χ0v) is 21.0. The summed E-state index contributed by atoms with van der Waals surface area (Å²) in [5.74, 6) is 2.29. The maximum Gasteiger partial charge on any atom is 0.239 e. The second-order valence-corrected chi connectivity index (χ2v) is 8.35. The minimum absolute atomic E-state index is 0. The molecule has 31 heavy (non-hydrogen) atoms. The highest BCUT2D eigenvalue weighted by Gasteiger charge is 2.19. The molecular weight excluding hydrogens is 507 g/mol. The highest BCUT2D eigenvalue weighted by atomic mass is 127. The van der Waals surface area contributed by atoms with Crippen LogP contribution >= 0.6 is 24.0 Å². The molecule has 0 spiro atoms. The van der Waals surface area contributed by atoms with Crippen molar-refractivity contribution >= 4 is 41.5 Å². The fourth-order valence-corrected chi connectivity index (χ4v) is 3.08. The number of nitrogens with one attached hydrogen (secondary N) is 3. The number of carbonyl (C=O) groups excluding carboxylic acids is 1. The Morgan fingerprint density at radius 1 is 1.26 bits per heavy atom. The Kier molecular flexibility index (Phi) is 9.15. The summed E-state index contributed by atoms with van der Waals surface area (Å²) in [7, 11) is 0. The molecule has 1 aliphatic rings. The number of rotatable bonds is 6. The Bertz CT molecular complexity index is 873. The van der Waals surface area contributed by atoms with E-state index in [4.69, 9.17) is 4.42 Å². The molecule has 9 heteroatoms. The van der Waals surface area contributed by atoms with Gasteiger partial charge in [0.25, 0.3) is 0 Å². The predicted octanol–water partition coefficient (Wildman–Crippen LogP) is 2.78. The lowest BCUT2D eigenvalue weighted by Crippen LogP contribution is -2.47. The lowest BCUT2D eigenvalue weighted by molar-refractivity contribution is -0.120. The lowest BCUT2D eigenvalue weighted by atomic mass is 9.94. The van der Waals surface area contributed by atoms with Gasteiger partial charge in [-0.15, -0.1) is 24.0 Å². The molecule has 2 aromatic rings. The molecule has 1 aliphatic heterocycles. The Morgan fingerprint density at radius 3 is 2.61 bits per heavy atom. The van der Waals surface area contributed by atoms with Crippen LogP contribution in [0.5, 0.6) is 0 Å². The molecule has 1 aromatic carbocycles. The number of aromatic nitrogens is 1. The molecule has 0 radical (unpaired) electrons. The second kappa shape index (κ2) is 11.4. The second-order valence-electron chi connectivity index (χ2n) is 8.35. The van der Waals surface area contributed by atoms with Crippen LogP contribution in [0.1, 0.15) is 44.9 Å². The van der Waals surface area contributed by atoms with Gasteiger partial charge in [-0.05, 0) is 24.6 Å². The number of anilines is 1. The third-order valence-electron chi connectivity index (χ3n) is 4.80. The van der Waals surface area contributed by atoms with Crippen molar-refractivity contribution < 1.29 is 9.21 Å². The van der Waals surface area contributed by atoms with E-state index in [0.717, 1.165) is 30.1 Å². The molecule has 0 atom stereocenters. The molecule has 8 nitrogen and oxygen atoms in total. The van der Waals surface area contributed by atoms with E-state index in [-0.39, 0.29) is 35.3 Å². The van der Waals surface area contributed by atoms with Gasteiger partial charge in [0.15, 0.2) is 5.96 Å². The molecule has 1 saturated heterocycles. The molecular formula is C22H33IN6O2. The van der Waals surface area contributed by atoms with Crippen LogP contribution in [0.3, 0.4) is 0 Å². The molecule has 0 saturated carbocycles. The monoisotopic (exact) mass is 540 g/mol. The van der Waals surface area contributed by atoms with Crippen LogP contribution < -0.4 is 20.9 Å². The Labute approximate surface area is 201 Å². The highest BCUT2D eigenvalue weighted by Crippen LogP contribution is 2.22. The first-order valence-corrected chi connectivity index (χ1v) is 10.4. The van der Waals surface area contributed by atoms with Crippen LogP contribution in [-0.4, -0.2) is 43.0 Å². The van der Waals surface area contributed by atoms with E-state index in [1.807, 2.05) is 19.1 Å². The number of hydrogen-bond donors (Lipinski definition) is 3. The molecule has 0 bridgehead atoms. The Balaban J connectivity index is 0.00000341. The van der Waals surface area contributed by atoms with Gasteiger partial charge in [-0.25, -0.2) is 9.98 Å². The molecule has 0 aliphatic carbocycles. The summed E-state index contributed by atoms with van der Waals surface area (Å²) < 4.78 is 5.83. The van der Waals surface area contributed by atoms with E-state index in [1.165, 1.54) is 0 Å². The summed E-state index contributed by atoms with van der Waals surface area (Å²) in [4.78, 5) is 22.7. The first kappa shape index (κ1) is 25.0. The molecule has 0 unspecified atom stereocenters. The van der Waals surface area contributed by atoms with Gasteiger partial charge in [0, 0.05) is 30.7 Å². The van der Waals surface area contributed by atoms with E-state index < -0.39 is 0 Å². The minimum atomic E-state index is -0.0615. The average molecular weight is 540 g/mol. The maximum absolute atomic E-state index is 11.6. The van der Waals surface area contributed by atoms with Crippen molar-refractivity contribution in [3.63, 3.8) is 0 Å². The van der Waals surface area contributed by atoms with Gasteiger partial charge in [-0.1, -0.05) is 32.9 Å². The number of amides is 1. The smallest absolute Gasteiger partial charge is 0.239 e. The molecule has 2 heterocycles. The SMILES string of the molecule is CCNC(=NCc1ccc(N2CCNC(=O)C2)cc1)NCc1ncc(C(C)(C)C)o1.I. The fraction of sp³-hybridized carbons (Fsp3) is 0.500. The Hall–Kier alpha value is -2.30. The van der Waals surface area contributed by atoms with E-state index in [2.05, 4.69) is 63.7 Å². The predicted molar refractivity (Wildman–Crippen MR) is 134 cm³/mol. The third kappa shape index (κ3) is 7.41. The van der Waals surface area contributed by atoms with Gasteiger partial charge >= 0.3 is 0 Å². The van der Waals surface area contributed by atoms with Crippen molar-refractivity contribution in [1.29, 1.82) is 0 Å². The van der Waals surface area contributed by atoms with Crippen LogP contribution in [0.15, 0.2) is 39.9 Å². The van der Waals surface area contributed by atoms with Gasteiger partial charge in [-0.3, -0.25) is 4.79 Å². The number of nitrogens with zero attached hydrogens (tertiary/aromatic N) is 3.